The van der Waals surface area contributed by atoms with E-state index >= 15 is 0 Å². The summed E-state index contributed by atoms with van der Waals surface area (Å²) in [5, 5.41) is 12.5. The van der Waals surface area contributed by atoms with Crippen LogP contribution in [0.15, 0.2) is 41.5 Å². The predicted octanol–water partition coefficient (Wildman–Crippen LogP) is 3.48. The molecule has 8 nitrogen and oxygen atoms in total. The van der Waals surface area contributed by atoms with Crippen LogP contribution < -0.4 is 15.8 Å². The molecular formula is C23H24FN5O3. The number of aromatic nitrogens is 3. The Kier molecular flexibility index (Phi) is 4.83. The molecule has 1 aliphatic heterocycles. The highest BCUT2D eigenvalue weighted by atomic mass is 19.1. The summed E-state index contributed by atoms with van der Waals surface area (Å²) < 4.78 is 15.6. The normalized spacial score (nSPS) is 18.0. The molecule has 0 radical (unpaired) electrons. The van der Waals surface area contributed by atoms with E-state index < -0.39 is 17.8 Å². The molecule has 2 N–H and O–H groups in total. The van der Waals surface area contributed by atoms with E-state index in [0.717, 1.165) is 32.1 Å². The first-order chi connectivity index (χ1) is 15.3. The average molecular weight is 437 g/mol. The lowest BCUT2D eigenvalue weighted by atomic mass is 9.94. The highest BCUT2D eigenvalue weighted by molar-refractivity contribution is 5.91. The van der Waals surface area contributed by atoms with Crippen molar-refractivity contribution in [2.75, 3.05) is 23.3 Å². The van der Waals surface area contributed by atoms with Crippen LogP contribution in [0, 0.1) is 11.2 Å². The van der Waals surface area contributed by atoms with E-state index in [0.29, 0.717) is 28.1 Å². The molecule has 5 rings (SSSR count). The van der Waals surface area contributed by atoms with E-state index in [4.69, 9.17) is 4.98 Å². The molecule has 4 heterocycles. The van der Waals surface area contributed by atoms with Crippen molar-refractivity contribution in [3.8, 4) is 0 Å². The highest BCUT2D eigenvalue weighted by Gasteiger charge is 2.44. The van der Waals surface area contributed by atoms with Gasteiger partial charge in [0.15, 0.2) is 5.69 Å². The number of piperidine rings is 1. The number of nitrogens with zero attached hydrogens (tertiary/aromatic N) is 4. The van der Waals surface area contributed by atoms with Gasteiger partial charge >= 0.3 is 5.97 Å². The summed E-state index contributed by atoms with van der Waals surface area (Å²) in [6.07, 6.45) is 7.30. The third-order valence-electron chi connectivity index (χ3n) is 6.70. The van der Waals surface area contributed by atoms with Crippen molar-refractivity contribution in [3.05, 3.63) is 64.1 Å². The monoisotopic (exact) mass is 437 g/mol. The Balaban J connectivity index is 1.53. The Morgan fingerprint density at radius 3 is 2.69 bits per heavy atom. The molecule has 0 aromatic carbocycles. The Bertz CT molecular complexity index is 1260. The Hall–Kier alpha value is -3.49. The third kappa shape index (κ3) is 3.68. The van der Waals surface area contributed by atoms with Gasteiger partial charge in [-0.3, -0.25) is 9.20 Å². The number of hydrogen-bond acceptors (Lipinski definition) is 6. The van der Waals surface area contributed by atoms with Crippen molar-refractivity contribution >= 4 is 23.1 Å². The second kappa shape index (κ2) is 7.58. The number of halogens is 1. The van der Waals surface area contributed by atoms with Gasteiger partial charge in [0.1, 0.15) is 17.3 Å². The molecule has 0 unspecified atom stereocenters. The lowest BCUT2D eigenvalue weighted by Gasteiger charge is -2.33. The fourth-order valence-electron chi connectivity index (χ4n) is 4.55. The van der Waals surface area contributed by atoms with Crippen LogP contribution in [0.1, 0.15) is 54.7 Å². The second-order valence-electron chi connectivity index (χ2n) is 8.82. The van der Waals surface area contributed by atoms with Crippen LogP contribution in [0.4, 0.5) is 15.9 Å². The van der Waals surface area contributed by atoms with Crippen LogP contribution in [0.3, 0.4) is 0 Å². The molecule has 2 aliphatic rings. The van der Waals surface area contributed by atoms with Crippen molar-refractivity contribution in [2.45, 2.75) is 38.6 Å². The zero-order chi connectivity index (χ0) is 22.5. The lowest BCUT2D eigenvalue weighted by molar-refractivity contribution is 0.0691. The summed E-state index contributed by atoms with van der Waals surface area (Å²) in [6, 6.07) is 5.48. The Morgan fingerprint density at radius 2 is 2.00 bits per heavy atom. The molecule has 0 amide bonds. The second-order valence-corrected chi connectivity index (χ2v) is 8.82. The van der Waals surface area contributed by atoms with Gasteiger partial charge in [-0.15, -0.1) is 0 Å². The topological polar surface area (TPSA) is 99.8 Å². The number of nitrogens with one attached hydrogen (secondary N) is 1. The smallest absolute Gasteiger partial charge is 0.356 e. The molecule has 3 aromatic heterocycles. The van der Waals surface area contributed by atoms with Gasteiger partial charge in [0.05, 0.1) is 11.7 Å². The van der Waals surface area contributed by atoms with E-state index in [1.54, 1.807) is 19.1 Å². The largest absolute Gasteiger partial charge is 0.476 e. The third-order valence-corrected chi connectivity index (χ3v) is 6.70. The summed E-state index contributed by atoms with van der Waals surface area (Å²) >= 11 is 0. The molecule has 32 heavy (non-hydrogen) atoms. The van der Waals surface area contributed by atoms with Crippen molar-refractivity contribution < 1.29 is 14.3 Å². The standard InChI is InChI=1S/C23H24FN5O3/c1-14(26-17-3-2-8-25-20(17)22(31)32)16-11-15(24)13-29-19(30)12-18(27-21(16)29)28-9-6-23(4-5-23)7-10-28/h2-3,8,11-14,26H,4-7,9-10H2,1H3,(H,31,32)/t14-/m1/s1. The van der Waals surface area contributed by atoms with E-state index in [9.17, 15) is 19.1 Å². The maximum atomic E-state index is 14.4. The van der Waals surface area contributed by atoms with Crippen molar-refractivity contribution in [1.82, 2.24) is 14.4 Å². The quantitative estimate of drug-likeness (QED) is 0.630. The number of pyridine rings is 2. The number of rotatable bonds is 5. The van der Waals surface area contributed by atoms with Gasteiger partial charge in [0.2, 0.25) is 0 Å². The van der Waals surface area contributed by atoms with Gasteiger partial charge in [-0.2, -0.15) is 0 Å². The number of carboxylic acids is 1. The minimum absolute atomic E-state index is 0.131. The molecule has 1 atom stereocenters. The molecule has 1 saturated heterocycles. The maximum absolute atomic E-state index is 14.4. The fourth-order valence-corrected chi connectivity index (χ4v) is 4.55. The molecule has 1 aliphatic carbocycles. The molecule has 1 spiro atoms. The van der Waals surface area contributed by atoms with E-state index in [1.165, 1.54) is 35.6 Å². The summed E-state index contributed by atoms with van der Waals surface area (Å²) in [4.78, 5) is 35.1. The molecule has 2 fully saturated rings. The zero-order valence-corrected chi connectivity index (χ0v) is 17.7. The Labute approximate surface area is 183 Å². The zero-order valence-electron chi connectivity index (χ0n) is 17.7. The van der Waals surface area contributed by atoms with Crippen LogP contribution in [0.25, 0.3) is 5.65 Å². The van der Waals surface area contributed by atoms with Crippen LogP contribution in [0.2, 0.25) is 0 Å². The summed E-state index contributed by atoms with van der Waals surface area (Å²) in [5.41, 5.74) is 1.13. The fraction of sp³-hybridized carbons (Fsp3) is 0.391. The van der Waals surface area contributed by atoms with Crippen LogP contribution in [-0.4, -0.2) is 38.5 Å². The molecule has 166 valence electrons. The number of aromatic carboxylic acids is 1. The van der Waals surface area contributed by atoms with Crippen LogP contribution >= 0.6 is 0 Å². The van der Waals surface area contributed by atoms with Gasteiger partial charge < -0.3 is 15.3 Å². The first-order valence-electron chi connectivity index (χ1n) is 10.8. The summed E-state index contributed by atoms with van der Waals surface area (Å²) in [6.45, 7) is 3.47. The number of anilines is 2. The van der Waals surface area contributed by atoms with E-state index in [1.807, 2.05) is 0 Å². The minimum atomic E-state index is -1.17. The van der Waals surface area contributed by atoms with Gasteiger partial charge in [-0.25, -0.2) is 19.2 Å². The van der Waals surface area contributed by atoms with Crippen molar-refractivity contribution in [2.24, 2.45) is 5.41 Å². The number of hydrogen-bond donors (Lipinski definition) is 2. The SMILES string of the molecule is C[C@@H](Nc1cccnc1C(=O)O)c1cc(F)cn2c(=O)cc(N3CCC4(CC3)CC4)nc12. The molecule has 9 heteroatoms. The van der Waals surface area contributed by atoms with Gasteiger partial charge in [-0.1, -0.05) is 0 Å². The average Bonchev–Trinajstić information content (AvgIpc) is 3.53. The lowest BCUT2D eigenvalue weighted by Crippen LogP contribution is -2.36. The molecule has 3 aromatic rings. The highest BCUT2D eigenvalue weighted by Crippen LogP contribution is 2.53. The maximum Gasteiger partial charge on any atom is 0.356 e. The van der Waals surface area contributed by atoms with Crippen molar-refractivity contribution in [1.29, 1.82) is 0 Å². The van der Waals surface area contributed by atoms with Gasteiger partial charge in [0, 0.05) is 37.1 Å². The first-order valence-corrected chi connectivity index (χ1v) is 10.8. The van der Waals surface area contributed by atoms with Crippen LogP contribution in [-0.2, 0) is 0 Å². The van der Waals surface area contributed by atoms with Crippen molar-refractivity contribution in [3.63, 3.8) is 0 Å². The van der Waals surface area contributed by atoms with Gasteiger partial charge in [0.25, 0.3) is 5.56 Å². The number of carbonyl (C=O) groups is 1. The Morgan fingerprint density at radius 1 is 1.25 bits per heavy atom. The van der Waals surface area contributed by atoms with E-state index in [-0.39, 0.29) is 11.3 Å². The predicted molar refractivity (Wildman–Crippen MR) is 118 cm³/mol. The summed E-state index contributed by atoms with van der Waals surface area (Å²) in [5.74, 6) is -1.14. The van der Waals surface area contributed by atoms with Crippen LogP contribution in [0.5, 0.6) is 0 Å². The molecule has 1 saturated carbocycles. The first kappa shape index (κ1) is 20.4. The molecular weight excluding hydrogens is 413 g/mol. The van der Waals surface area contributed by atoms with E-state index in [2.05, 4.69) is 15.2 Å². The number of carboxylic acid groups (broad SMARTS) is 1. The number of fused-ring (bicyclic) bond motifs is 1. The summed E-state index contributed by atoms with van der Waals surface area (Å²) in [7, 11) is 0. The minimum Gasteiger partial charge on any atom is -0.476 e. The van der Waals surface area contributed by atoms with Gasteiger partial charge in [-0.05, 0) is 56.2 Å². The molecule has 0 bridgehead atoms.